The van der Waals surface area contributed by atoms with Gasteiger partial charge in [-0.15, -0.1) is 0 Å². The first-order valence-electron chi connectivity index (χ1n) is 14.7. The van der Waals surface area contributed by atoms with Crippen LogP contribution in [-0.2, 0) is 21.4 Å². The Morgan fingerprint density at radius 2 is 1.81 bits per heavy atom. The Balaban J connectivity index is 1.47. The highest BCUT2D eigenvalue weighted by molar-refractivity contribution is 5.78. The van der Waals surface area contributed by atoms with Gasteiger partial charge in [-0.3, -0.25) is 4.79 Å². The quantitative estimate of drug-likeness (QED) is 0.358. The van der Waals surface area contributed by atoms with Gasteiger partial charge in [0.2, 0.25) is 0 Å². The third kappa shape index (κ3) is 3.01. The minimum Gasteiger partial charge on any atom is -0.469 e. The van der Waals surface area contributed by atoms with Gasteiger partial charge in [0, 0.05) is 5.56 Å². The lowest BCUT2D eigenvalue weighted by atomic mass is 9.33. The van der Waals surface area contributed by atoms with E-state index in [1.54, 1.807) is 12.7 Å². The van der Waals surface area contributed by atoms with Crippen molar-refractivity contribution in [3.8, 4) is 0 Å². The van der Waals surface area contributed by atoms with Crippen LogP contribution in [0.25, 0.3) is 0 Å². The van der Waals surface area contributed by atoms with Crippen molar-refractivity contribution in [2.24, 2.45) is 44.8 Å². The van der Waals surface area contributed by atoms with E-state index in [2.05, 4.69) is 52.8 Å². The molecule has 5 nitrogen and oxygen atoms in total. The van der Waals surface area contributed by atoms with E-state index in [-0.39, 0.29) is 45.6 Å². The highest BCUT2D eigenvalue weighted by Gasteiger charge is 2.70. The summed E-state index contributed by atoms with van der Waals surface area (Å²) in [5, 5.41) is 14.9. The molecule has 0 aliphatic heterocycles. The number of rotatable bonds is 2. The molecule has 204 valence electrons. The summed E-state index contributed by atoms with van der Waals surface area (Å²) in [6.45, 7) is 14.7. The number of fused-ring (bicyclic) bond motifs is 8. The van der Waals surface area contributed by atoms with Gasteiger partial charge in [-0.05, 0) is 104 Å². The van der Waals surface area contributed by atoms with E-state index in [1.807, 2.05) is 6.20 Å². The third-order valence-corrected chi connectivity index (χ3v) is 13.3. The summed E-state index contributed by atoms with van der Waals surface area (Å²) >= 11 is 0. The van der Waals surface area contributed by atoms with E-state index in [9.17, 15) is 9.90 Å². The minimum atomic E-state index is -0.398. The molecule has 0 radical (unpaired) electrons. The van der Waals surface area contributed by atoms with Crippen LogP contribution in [0, 0.1) is 44.8 Å². The Labute approximate surface area is 222 Å². The number of hydrogen-bond acceptors (Lipinski definition) is 5. The second kappa shape index (κ2) is 7.73. The second-order valence-corrected chi connectivity index (χ2v) is 15.3. The molecule has 1 aromatic rings. The van der Waals surface area contributed by atoms with Crippen LogP contribution in [0.4, 0.5) is 0 Å². The normalized spacial score (nSPS) is 47.9. The Morgan fingerprint density at radius 3 is 2.51 bits per heavy atom. The number of hydrogen-bond donors (Lipinski definition) is 1. The molecule has 0 unspecified atom stereocenters. The van der Waals surface area contributed by atoms with E-state index in [0.29, 0.717) is 11.8 Å². The molecule has 3 saturated carbocycles. The molecule has 1 N–H and O–H groups in total. The number of methoxy groups -OCH3 is 1. The Morgan fingerprint density at radius 1 is 1.08 bits per heavy atom. The molecule has 3 fully saturated rings. The van der Waals surface area contributed by atoms with Gasteiger partial charge < -0.3 is 14.4 Å². The highest BCUT2D eigenvalue weighted by Crippen LogP contribution is 2.75. The van der Waals surface area contributed by atoms with Crippen LogP contribution in [0.2, 0.25) is 0 Å². The first kappa shape index (κ1) is 25.6. The number of esters is 1. The van der Waals surface area contributed by atoms with E-state index in [1.165, 1.54) is 5.56 Å². The third-order valence-electron chi connectivity index (χ3n) is 13.3. The molecule has 5 aliphatic carbocycles. The fourth-order valence-electron chi connectivity index (χ4n) is 11.1. The van der Waals surface area contributed by atoms with Gasteiger partial charge in [-0.1, -0.05) is 51.4 Å². The van der Waals surface area contributed by atoms with Crippen LogP contribution >= 0.6 is 0 Å². The average molecular weight is 510 g/mol. The molecular weight excluding hydrogens is 462 g/mol. The zero-order valence-electron chi connectivity index (χ0n) is 24.1. The van der Waals surface area contributed by atoms with Crippen molar-refractivity contribution < 1.29 is 19.2 Å². The summed E-state index contributed by atoms with van der Waals surface area (Å²) in [5.41, 5.74) is 2.46. The van der Waals surface area contributed by atoms with Crippen molar-refractivity contribution in [2.45, 2.75) is 105 Å². The smallest absolute Gasteiger partial charge is 0.312 e. The van der Waals surface area contributed by atoms with Gasteiger partial charge >= 0.3 is 5.97 Å². The SMILES string of the molecule is COC(=O)[C@]12CCC(C)(C)C[C@H]1C1=CC[C@@H]3[C@@]4(C)Cc5cnoc5[C@@](C)(CO)[C@@H]4CC[C@@]3(C)[C@]1(C)CC2. The molecule has 5 heteroatoms. The number of carbonyl (C=O) groups is 1. The Kier molecular flexibility index (Phi) is 5.36. The van der Waals surface area contributed by atoms with Gasteiger partial charge in [-0.2, -0.15) is 0 Å². The van der Waals surface area contributed by atoms with Crippen LogP contribution in [-0.4, -0.2) is 29.9 Å². The van der Waals surface area contributed by atoms with Gasteiger partial charge in [0.1, 0.15) is 5.76 Å². The maximum atomic E-state index is 13.4. The van der Waals surface area contributed by atoms with Crippen molar-refractivity contribution in [1.29, 1.82) is 0 Å². The maximum Gasteiger partial charge on any atom is 0.312 e. The molecule has 37 heavy (non-hydrogen) atoms. The molecule has 8 atom stereocenters. The molecule has 1 heterocycles. The molecular formula is C32H47NO4. The van der Waals surface area contributed by atoms with Crippen molar-refractivity contribution in [1.82, 2.24) is 5.16 Å². The molecule has 5 aliphatic rings. The van der Waals surface area contributed by atoms with E-state index >= 15 is 0 Å². The van der Waals surface area contributed by atoms with Crippen LogP contribution in [0.15, 0.2) is 22.4 Å². The summed E-state index contributed by atoms with van der Waals surface area (Å²) in [5.74, 6) is 2.05. The molecule has 0 bridgehead atoms. The maximum absolute atomic E-state index is 13.4. The topological polar surface area (TPSA) is 72.6 Å². The lowest BCUT2D eigenvalue weighted by molar-refractivity contribution is -0.181. The fraction of sp³-hybridized carbons (Fsp3) is 0.812. The average Bonchev–Trinajstić information content (AvgIpc) is 3.32. The van der Waals surface area contributed by atoms with Crippen LogP contribution in [0.5, 0.6) is 0 Å². The van der Waals surface area contributed by atoms with Crippen molar-refractivity contribution >= 4 is 5.97 Å². The standard InChI is InChI=1S/C32H47NO4/c1-27(2)12-14-32(26(35)36-7)15-13-30(5)21(22(32)17-27)8-9-24-28(3)16-20-18-33-37-25(20)29(4,19-34)23(28)10-11-31(24,30)6/h8,18,22-24,34H,9-17,19H2,1-7H3/t22-,23+,24+,28-,29-,30+,31+,32-/m0/s1. The molecule has 6 rings (SSSR count). The lowest BCUT2D eigenvalue weighted by Crippen LogP contribution is -2.65. The van der Waals surface area contributed by atoms with Crippen LogP contribution < -0.4 is 0 Å². The molecule has 0 amide bonds. The van der Waals surface area contributed by atoms with Crippen molar-refractivity contribution in [3.63, 3.8) is 0 Å². The molecule has 0 aromatic carbocycles. The van der Waals surface area contributed by atoms with E-state index in [4.69, 9.17) is 9.26 Å². The van der Waals surface area contributed by atoms with Gasteiger partial charge in [-0.25, -0.2) is 0 Å². The van der Waals surface area contributed by atoms with Crippen LogP contribution in [0.1, 0.15) is 104 Å². The van der Waals surface area contributed by atoms with Crippen molar-refractivity contribution in [3.05, 3.63) is 29.2 Å². The second-order valence-electron chi connectivity index (χ2n) is 15.3. The zero-order valence-corrected chi connectivity index (χ0v) is 24.1. The number of ether oxygens (including phenoxy) is 1. The number of aliphatic hydroxyl groups excluding tert-OH is 1. The van der Waals surface area contributed by atoms with E-state index in [0.717, 1.165) is 63.5 Å². The summed E-state index contributed by atoms with van der Waals surface area (Å²) < 4.78 is 11.3. The summed E-state index contributed by atoms with van der Waals surface area (Å²) in [6.07, 6.45) is 13.8. The number of aromatic nitrogens is 1. The fourth-order valence-corrected chi connectivity index (χ4v) is 11.1. The summed E-state index contributed by atoms with van der Waals surface area (Å²) in [4.78, 5) is 13.4. The first-order chi connectivity index (χ1) is 17.3. The largest absolute Gasteiger partial charge is 0.469 e. The molecule has 1 aromatic heterocycles. The number of nitrogens with zero attached hydrogens (tertiary/aromatic N) is 1. The summed E-state index contributed by atoms with van der Waals surface area (Å²) in [6, 6.07) is 0. The molecule has 0 spiro atoms. The van der Waals surface area contributed by atoms with E-state index < -0.39 is 5.41 Å². The monoisotopic (exact) mass is 509 g/mol. The van der Waals surface area contributed by atoms with Gasteiger partial charge in [0.05, 0.1) is 30.7 Å². The predicted molar refractivity (Wildman–Crippen MR) is 143 cm³/mol. The van der Waals surface area contributed by atoms with Crippen molar-refractivity contribution in [2.75, 3.05) is 13.7 Å². The first-order valence-corrected chi connectivity index (χ1v) is 14.7. The van der Waals surface area contributed by atoms with Gasteiger partial charge in [0.15, 0.2) is 0 Å². The number of aliphatic hydroxyl groups is 1. The Hall–Kier alpha value is -1.62. The summed E-state index contributed by atoms with van der Waals surface area (Å²) in [7, 11) is 1.58. The predicted octanol–water partition coefficient (Wildman–Crippen LogP) is 6.64. The number of allylic oxidation sites excluding steroid dienone is 2. The number of carbonyl (C=O) groups excluding carboxylic acids is 1. The van der Waals surface area contributed by atoms with Crippen LogP contribution in [0.3, 0.4) is 0 Å². The van der Waals surface area contributed by atoms with Gasteiger partial charge in [0.25, 0.3) is 0 Å². The zero-order chi connectivity index (χ0) is 26.6. The minimum absolute atomic E-state index is 0.0184. The lowest BCUT2D eigenvalue weighted by Gasteiger charge is -2.70. The Bertz CT molecular complexity index is 1150. The highest BCUT2D eigenvalue weighted by atomic mass is 16.5. The molecule has 0 saturated heterocycles.